The van der Waals surface area contributed by atoms with Gasteiger partial charge in [-0.05, 0) is 108 Å². The van der Waals surface area contributed by atoms with E-state index in [4.69, 9.17) is 16.0 Å². The van der Waals surface area contributed by atoms with E-state index in [1.54, 1.807) is 0 Å². The van der Waals surface area contributed by atoms with Crippen LogP contribution in [0.4, 0.5) is 0 Å². The number of halogens is 1. The van der Waals surface area contributed by atoms with Crippen molar-refractivity contribution >= 4 is 34.4 Å². The van der Waals surface area contributed by atoms with Crippen molar-refractivity contribution in [2.45, 2.75) is 90.1 Å². The Balaban J connectivity index is 1.28. The van der Waals surface area contributed by atoms with Gasteiger partial charge in [0.1, 0.15) is 11.3 Å². The molecule has 45 heavy (non-hydrogen) atoms. The third kappa shape index (κ3) is 8.27. The zero-order chi connectivity index (χ0) is 32.2. The molecule has 3 N–H and O–H groups in total. The van der Waals surface area contributed by atoms with E-state index >= 15 is 0 Å². The maximum absolute atomic E-state index is 13.8. The molecule has 2 aliphatic rings. The summed E-state index contributed by atoms with van der Waals surface area (Å²) in [6, 6.07) is 12.8. The number of carbonyl (C=O) groups is 2. The molecule has 8 nitrogen and oxygen atoms in total. The number of likely N-dealkylation sites (tertiary alicyclic amines) is 1. The molecular formula is C36H46ClN3O5. The van der Waals surface area contributed by atoms with Gasteiger partial charge in [0, 0.05) is 35.3 Å². The second-order valence-corrected chi connectivity index (χ2v) is 14.4. The van der Waals surface area contributed by atoms with Crippen LogP contribution in [0.15, 0.2) is 57.7 Å². The largest absolute Gasteiger partial charge is 0.508 e. The highest BCUT2D eigenvalue weighted by atomic mass is 35.5. The Morgan fingerprint density at radius 1 is 1.04 bits per heavy atom. The minimum atomic E-state index is -0.481. The predicted molar refractivity (Wildman–Crippen MR) is 178 cm³/mol. The van der Waals surface area contributed by atoms with Crippen LogP contribution >= 0.6 is 11.6 Å². The highest BCUT2D eigenvalue weighted by Crippen LogP contribution is 2.46. The lowest BCUT2D eigenvalue weighted by Crippen LogP contribution is -2.56. The SMILES string of the molecule is CC(C)(C)NC(=O)C1(C2CCCCC2)CCN(CC[C@H](Cc2ccc(Cl)cc2)NC(=O)c2cc(=O)c3ccc(O)cc3o2)CC1. The number of hydrogen-bond acceptors (Lipinski definition) is 6. The van der Waals surface area contributed by atoms with Crippen molar-refractivity contribution in [1.29, 1.82) is 0 Å². The summed E-state index contributed by atoms with van der Waals surface area (Å²) < 4.78 is 5.75. The molecule has 3 aromatic rings. The highest BCUT2D eigenvalue weighted by molar-refractivity contribution is 6.30. The molecule has 9 heteroatoms. The van der Waals surface area contributed by atoms with Crippen LogP contribution in [-0.4, -0.2) is 53.0 Å². The molecule has 0 radical (unpaired) electrons. The summed E-state index contributed by atoms with van der Waals surface area (Å²) >= 11 is 6.12. The molecule has 1 atom stereocenters. The van der Waals surface area contributed by atoms with E-state index in [-0.39, 0.29) is 45.4 Å². The van der Waals surface area contributed by atoms with Gasteiger partial charge >= 0.3 is 0 Å². The van der Waals surface area contributed by atoms with Crippen LogP contribution in [0.2, 0.25) is 5.02 Å². The van der Waals surface area contributed by atoms with Gasteiger partial charge in [0.25, 0.3) is 5.91 Å². The van der Waals surface area contributed by atoms with Gasteiger partial charge in [0.05, 0.1) is 10.8 Å². The summed E-state index contributed by atoms with van der Waals surface area (Å²) in [7, 11) is 0. The molecule has 2 aromatic carbocycles. The summed E-state index contributed by atoms with van der Waals surface area (Å²) in [5.41, 5.74) is 0.243. The smallest absolute Gasteiger partial charge is 0.287 e. The first-order valence-corrected chi connectivity index (χ1v) is 16.7. The number of nitrogens with zero attached hydrogens (tertiary/aromatic N) is 1. The van der Waals surface area contributed by atoms with Crippen molar-refractivity contribution < 1.29 is 19.1 Å². The summed E-state index contributed by atoms with van der Waals surface area (Å²) in [5.74, 6) is 0.00371. The minimum absolute atomic E-state index is 0.0475. The van der Waals surface area contributed by atoms with E-state index in [1.807, 2.05) is 24.3 Å². The van der Waals surface area contributed by atoms with Gasteiger partial charge < -0.3 is 25.1 Å². The molecule has 2 fully saturated rings. The van der Waals surface area contributed by atoms with E-state index in [2.05, 4.69) is 36.3 Å². The summed E-state index contributed by atoms with van der Waals surface area (Å²) in [6.07, 6.45) is 8.83. The van der Waals surface area contributed by atoms with Gasteiger partial charge in [0.15, 0.2) is 11.2 Å². The number of piperidine rings is 1. The Hall–Kier alpha value is -3.36. The highest BCUT2D eigenvalue weighted by Gasteiger charge is 2.48. The van der Waals surface area contributed by atoms with Gasteiger partial charge in [-0.3, -0.25) is 14.4 Å². The standard InChI is InChI=1S/C36H46ClN3O5/c1-35(2,3)39-34(44)36(25-7-5-4-6-8-25)16-19-40(20-17-36)18-15-27(21-24-9-11-26(37)12-10-24)38-33(43)32-23-30(42)29-14-13-28(41)22-31(29)45-32/h9-14,22-23,25,27,41H,4-8,15-21H2,1-3H3,(H,38,43)(H,39,44)/t27-/m1/s1. The zero-order valence-electron chi connectivity index (χ0n) is 26.7. The molecule has 2 heterocycles. The second kappa shape index (κ2) is 14.0. The third-order valence-electron chi connectivity index (χ3n) is 9.54. The van der Waals surface area contributed by atoms with Crippen molar-refractivity contribution in [3.63, 3.8) is 0 Å². The van der Waals surface area contributed by atoms with Gasteiger partial charge in [-0.2, -0.15) is 0 Å². The fourth-order valence-corrected chi connectivity index (χ4v) is 7.22. The van der Waals surface area contributed by atoms with Crippen LogP contribution < -0.4 is 16.1 Å². The van der Waals surface area contributed by atoms with Crippen LogP contribution in [0.1, 0.15) is 88.3 Å². The molecule has 0 bridgehead atoms. The second-order valence-electron chi connectivity index (χ2n) is 14.0. The Morgan fingerprint density at radius 3 is 2.40 bits per heavy atom. The van der Waals surface area contributed by atoms with Gasteiger partial charge in [0.2, 0.25) is 5.91 Å². The lowest BCUT2D eigenvalue weighted by molar-refractivity contribution is -0.141. The van der Waals surface area contributed by atoms with E-state index in [0.29, 0.717) is 29.2 Å². The Morgan fingerprint density at radius 2 is 1.73 bits per heavy atom. The maximum Gasteiger partial charge on any atom is 0.287 e. The van der Waals surface area contributed by atoms with Crippen molar-refractivity contribution in [3.05, 3.63) is 75.1 Å². The van der Waals surface area contributed by atoms with E-state index in [0.717, 1.165) is 50.9 Å². The average molecular weight is 636 g/mol. The molecule has 0 spiro atoms. The molecule has 1 saturated heterocycles. The molecular weight excluding hydrogens is 590 g/mol. The number of carbonyl (C=O) groups excluding carboxylic acids is 2. The molecule has 1 aliphatic carbocycles. The van der Waals surface area contributed by atoms with Gasteiger partial charge in [-0.1, -0.05) is 43.0 Å². The van der Waals surface area contributed by atoms with Crippen molar-refractivity contribution in [2.24, 2.45) is 11.3 Å². The number of aromatic hydroxyl groups is 1. The van der Waals surface area contributed by atoms with Gasteiger partial charge in [-0.25, -0.2) is 0 Å². The van der Waals surface area contributed by atoms with Crippen molar-refractivity contribution in [2.75, 3.05) is 19.6 Å². The van der Waals surface area contributed by atoms with E-state index in [9.17, 15) is 19.5 Å². The molecule has 0 unspecified atom stereocenters. The molecule has 5 rings (SSSR count). The Kier molecular flexibility index (Phi) is 10.2. The lowest BCUT2D eigenvalue weighted by atomic mass is 9.63. The number of amides is 2. The van der Waals surface area contributed by atoms with Gasteiger partial charge in [-0.15, -0.1) is 0 Å². The number of phenols is 1. The number of rotatable bonds is 9. The van der Waals surface area contributed by atoms with Crippen LogP contribution in [0, 0.1) is 11.3 Å². The summed E-state index contributed by atoms with van der Waals surface area (Å²) in [4.78, 5) is 42.3. The van der Waals surface area contributed by atoms with Crippen molar-refractivity contribution in [1.82, 2.24) is 15.5 Å². The van der Waals surface area contributed by atoms with Crippen LogP contribution in [-0.2, 0) is 11.2 Å². The summed E-state index contributed by atoms with van der Waals surface area (Å²) in [5, 5.41) is 17.2. The molecule has 1 aromatic heterocycles. The topological polar surface area (TPSA) is 112 Å². The number of benzene rings is 2. The van der Waals surface area contributed by atoms with Crippen LogP contribution in [0.5, 0.6) is 5.75 Å². The Labute approximate surface area is 270 Å². The first kappa shape index (κ1) is 33.0. The zero-order valence-corrected chi connectivity index (χ0v) is 27.4. The fraction of sp³-hybridized carbons (Fsp3) is 0.528. The molecule has 2 amide bonds. The molecule has 242 valence electrons. The average Bonchev–Trinajstić information content (AvgIpc) is 3.00. The molecule has 1 aliphatic heterocycles. The Bertz CT molecular complexity index is 1550. The van der Waals surface area contributed by atoms with Crippen LogP contribution in [0.3, 0.4) is 0 Å². The number of nitrogens with one attached hydrogen (secondary N) is 2. The monoisotopic (exact) mass is 635 g/mol. The molecule has 1 saturated carbocycles. The fourth-order valence-electron chi connectivity index (χ4n) is 7.10. The quantitative estimate of drug-likeness (QED) is 0.249. The number of hydrogen-bond donors (Lipinski definition) is 3. The van der Waals surface area contributed by atoms with E-state index in [1.165, 1.54) is 43.5 Å². The minimum Gasteiger partial charge on any atom is -0.508 e. The lowest BCUT2D eigenvalue weighted by Gasteiger charge is -2.47. The first-order chi connectivity index (χ1) is 21.4. The first-order valence-electron chi connectivity index (χ1n) is 16.3. The van der Waals surface area contributed by atoms with E-state index < -0.39 is 5.91 Å². The van der Waals surface area contributed by atoms with Crippen molar-refractivity contribution in [3.8, 4) is 5.75 Å². The van der Waals surface area contributed by atoms with Crippen LogP contribution in [0.25, 0.3) is 11.0 Å². The number of phenolic OH excluding ortho intramolecular Hbond substituents is 1. The third-order valence-corrected chi connectivity index (χ3v) is 9.79. The number of fused-ring (bicyclic) bond motifs is 1. The predicted octanol–water partition coefficient (Wildman–Crippen LogP) is 6.46. The summed E-state index contributed by atoms with van der Waals surface area (Å²) in [6.45, 7) is 8.58. The maximum atomic E-state index is 13.8. The normalized spacial score (nSPS) is 18.4.